The average molecular weight is 648 g/mol. The zero-order valence-corrected chi connectivity index (χ0v) is 28.1. The first kappa shape index (κ1) is 32.3. The fourth-order valence-corrected chi connectivity index (χ4v) is 6.80. The van der Waals surface area contributed by atoms with Crippen molar-refractivity contribution in [3.63, 3.8) is 0 Å². The van der Waals surface area contributed by atoms with Gasteiger partial charge in [0.1, 0.15) is 23.9 Å². The van der Waals surface area contributed by atoms with Crippen molar-refractivity contribution in [3.8, 4) is 17.0 Å². The van der Waals surface area contributed by atoms with Gasteiger partial charge in [0, 0.05) is 56.4 Å². The number of aliphatic carboxylic acids is 1. The lowest BCUT2D eigenvalue weighted by Gasteiger charge is -2.24. The number of ether oxygens (including phenoxy) is 1. The molecule has 3 heterocycles. The highest BCUT2D eigenvalue weighted by atomic mass is 32.2. The number of carbonyl (C=O) groups is 1. The molecule has 0 spiro atoms. The van der Waals surface area contributed by atoms with Gasteiger partial charge in [-0.15, -0.1) is 11.8 Å². The van der Waals surface area contributed by atoms with Crippen molar-refractivity contribution in [2.24, 2.45) is 5.41 Å². The van der Waals surface area contributed by atoms with Crippen molar-refractivity contribution in [3.05, 3.63) is 120 Å². The summed E-state index contributed by atoms with van der Waals surface area (Å²) < 4.78 is 22.8. The number of benzene rings is 3. The Balaban J connectivity index is 1.40. The van der Waals surface area contributed by atoms with Crippen LogP contribution < -0.4 is 4.74 Å². The van der Waals surface area contributed by atoms with E-state index in [1.807, 2.05) is 60.7 Å². The Morgan fingerprint density at radius 3 is 2.43 bits per heavy atom. The molecule has 0 aliphatic carbocycles. The largest absolute Gasteiger partial charge is 0.487 e. The normalized spacial score (nSPS) is 12.1. The molecule has 0 saturated heterocycles. The molecule has 8 heteroatoms. The molecule has 0 aliphatic heterocycles. The summed E-state index contributed by atoms with van der Waals surface area (Å²) >= 11 is 1.73. The first-order chi connectivity index (χ1) is 22.4. The highest BCUT2D eigenvalue weighted by Crippen LogP contribution is 2.44. The van der Waals surface area contributed by atoms with Gasteiger partial charge in [0.15, 0.2) is 0 Å². The van der Waals surface area contributed by atoms with Crippen LogP contribution >= 0.6 is 11.8 Å². The molecule has 1 N–H and O–H groups in total. The van der Waals surface area contributed by atoms with Gasteiger partial charge in [-0.25, -0.2) is 9.37 Å². The number of hydrogen-bond acceptors (Lipinski definition) is 5. The number of carboxylic acids is 1. The number of thioether (sulfide) groups is 1. The number of fused-ring (bicyclic) bond motifs is 2. The first-order valence-corrected chi connectivity index (χ1v) is 16.4. The minimum atomic E-state index is -0.999. The molecule has 0 radical (unpaired) electrons. The monoisotopic (exact) mass is 647 g/mol. The topological polar surface area (TPSA) is 77.2 Å². The summed E-state index contributed by atoms with van der Waals surface area (Å²) in [6.07, 6.45) is 1.92. The van der Waals surface area contributed by atoms with Crippen LogP contribution in [0.3, 0.4) is 0 Å². The maximum atomic E-state index is 14.4. The molecular formula is C39H38FN3O3S. The number of aromatic nitrogens is 3. The molecule has 0 unspecified atom stereocenters. The molecular weight excluding hydrogens is 610 g/mol. The van der Waals surface area contributed by atoms with Crippen LogP contribution in [-0.2, 0) is 24.4 Å². The van der Waals surface area contributed by atoms with Gasteiger partial charge in [-0.05, 0) is 61.9 Å². The third-order valence-electron chi connectivity index (χ3n) is 8.06. The first-order valence-electron chi connectivity index (χ1n) is 15.6. The van der Waals surface area contributed by atoms with E-state index in [0.29, 0.717) is 36.6 Å². The predicted octanol–water partition coefficient (Wildman–Crippen LogP) is 9.56. The molecule has 0 atom stereocenters. The van der Waals surface area contributed by atoms with E-state index in [-0.39, 0.29) is 10.6 Å². The number of carboxylic acid groups (broad SMARTS) is 1. The van der Waals surface area contributed by atoms with Crippen LogP contribution in [0.2, 0.25) is 0 Å². The summed E-state index contributed by atoms with van der Waals surface area (Å²) in [6.45, 7) is 10.9. The van der Waals surface area contributed by atoms with Gasteiger partial charge >= 0.3 is 5.97 Å². The molecule has 6 nitrogen and oxygen atoms in total. The molecule has 0 amide bonds. The van der Waals surface area contributed by atoms with Crippen molar-refractivity contribution in [2.75, 3.05) is 0 Å². The van der Waals surface area contributed by atoms with Crippen LogP contribution in [-0.4, -0.2) is 30.4 Å². The zero-order valence-electron chi connectivity index (χ0n) is 27.3. The Bertz CT molecular complexity index is 2080. The van der Waals surface area contributed by atoms with Gasteiger partial charge < -0.3 is 14.4 Å². The molecule has 3 aromatic heterocycles. The van der Waals surface area contributed by atoms with Crippen LogP contribution in [0.25, 0.3) is 33.1 Å². The quantitative estimate of drug-likeness (QED) is 0.149. The lowest BCUT2D eigenvalue weighted by molar-refractivity contribution is -0.146. The Hall–Kier alpha value is -4.69. The molecule has 240 valence electrons. The second kappa shape index (κ2) is 12.8. The van der Waals surface area contributed by atoms with Crippen molar-refractivity contribution in [1.29, 1.82) is 0 Å². The highest BCUT2D eigenvalue weighted by Gasteiger charge is 2.33. The number of hydrogen-bond donors (Lipinski definition) is 1. The molecule has 6 rings (SSSR count). The van der Waals surface area contributed by atoms with Crippen LogP contribution in [0.1, 0.15) is 51.6 Å². The van der Waals surface area contributed by atoms with E-state index in [0.717, 1.165) is 43.7 Å². The minimum absolute atomic E-state index is 0.137. The van der Waals surface area contributed by atoms with E-state index in [9.17, 15) is 14.3 Å². The highest BCUT2D eigenvalue weighted by molar-refractivity contribution is 8.00. The van der Waals surface area contributed by atoms with Gasteiger partial charge in [-0.1, -0.05) is 69.3 Å². The van der Waals surface area contributed by atoms with Crippen LogP contribution in [0, 0.1) is 11.2 Å². The van der Waals surface area contributed by atoms with Gasteiger partial charge in [0.2, 0.25) is 0 Å². The van der Waals surface area contributed by atoms with Crippen molar-refractivity contribution in [1.82, 2.24) is 14.5 Å². The van der Waals surface area contributed by atoms with Crippen LogP contribution in [0.15, 0.2) is 102 Å². The lowest BCUT2D eigenvalue weighted by Crippen LogP contribution is -2.28. The Morgan fingerprint density at radius 2 is 1.70 bits per heavy atom. The Kier molecular flexibility index (Phi) is 8.81. The lowest BCUT2D eigenvalue weighted by atomic mass is 9.88. The number of rotatable bonds is 10. The fraction of sp³-hybridized carbons (Fsp3) is 0.256. The number of nitrogens with zero attached hydrogens (tertiary/aromatic N) is 3. The molecule has 6 aromatic rings. The molecule has 0 fully saturated rings. The van der Waals surface area contributed by atoms with E-state index in [1.165, 1.54) is 6.07 Å². The second-order valence-corrected chi connectivity index (χ2v) is 15.3. The summed E-state index contributed by atoms with van der Waals surface area (Å²) in [5.41, 5.74) is 4.72. The molecule has 0 bridgehead atoms. The van der Waals surface area contributed by atoms with E-state index in [2.05, 4.69) is 48.5 Å². The maximum Gasteiger partial charge on any atom is 0.309 e. The predicted molar refractivity (Wildman–Crippen MR) is 187 cm³/mol. The third-order valence-corrected chi connectivity index (χ3v) is 9.33. The van der Waals surface area contributed by atoms with Gasteiger partial charge in [0.25, 0.3) is 0 Å². The maximum absolute atomic E-state index is 14.4. The van der Waals surface area contributed by atoms with Gasteiger partial charge in [-0.2, -0.15) is 0 Å². The van der Waals surface area contributed by atoms with Crippen molar-refractivity contribution < 1.29 is 19.0 Å². The van der Waals surface area contributed by atoms with E-state index >= 15 is 0 Å². The summed E-state index contributed by atoms with van der Waals surface area (Å²) in [6, 6.07) is 28.8. The smallest absolute Gasteiger partial charge is 0.309 e. The molecule has 47 heavy (non-hydrogen) atoms. The average Bonchev–Trinajstić information content (AvgIpc) is 3.29. The fourth-order valence-electron chi connectivity index (χ4n) is 5.61. The van der Waals surface area contributed by atoms with Gasteiger partial charge in [0.05, 0.1) is 16.6 Å². The summed E-state index contributed by atoms with van der Waals surface area (Å²) in [5, 5.41) is 12.2. The van der Waals surface area contributed by atoms with E-state index in [4.69, 9.17) is 9.72 Å². The summed E-state index contributed by atoms with van der Waals surface area (Å²) in [7, 11) is 0. The SMILES string of the molecule is CC(C)(C)Sc1c(CC(C)(C)C(=O)O)n(Cc2ccc(-c3ncccc3F)cc2)c2ccc(OCc3ccc4ccccc4n3)cc12. The van der Waals surface area contributed by atoms with E-state index in [1.54, 1.807) is 37.9 Å². The molecule has 0 aliphatic rings. The van der Waals surface area contributed by atoms with Gasteiger partial charge in [-0.3, -0.25) is 9.78 Å². The zero-order chi connectivity index (χ0) is 33.3. The molecule has 0 saturated carbocycles. The molecule has 3 aromatic carbocycles. The number of pyridine rings is 2. The Labute approximate surface area is 278 Å². The van der Waals surface area contributed by atoms with E-state index < -0.39 is 11.4 Å². The number of halogens is 1. The second-order valence-electron chi connectivity index (χ2n) is 13.4. The van der Waals surface area contributed by atoms with Crippen LogP contribution in [0.5, 0.6) is 5.75 Å². The summed E-state index contributed by atoms with van der Waals surface area (Å²) in [5.74, 6) is -0.506. The summed E-state index contributed by atoms with van der Waals surface area (Å²) in [4.78, 5) is 22.4. The van der Waals surface area contributed by atoms with Crippen molar-refractivity contribution >= 4 is 39.5 Å². The van der Waals surface area contributed by atoms with Crippen molar-refractivity contribution in [2.45, 2.75) is 63.8 Å². The van der Waals surface area contributed by atoms with Crippen LogP contribution in [0.4, 0.5) is 4.39 Å². The third kappa shape index (κ3) is 7.18. The number of para-hydroxylation sites is 1. The standard InChI is InChI=1S/C39H38FN3O3S/c1-38(2,3)47-36-30-21-29(46-24-28-17-16-26-9-6-7-11-32(26)42-28)18-19-33(30)43(34(36)22-39(4,5)37(44)45)23-25-12-14-27(15-13-25)35-31(40)10-8-20-41-35/h6-21H,22-24H2,1-5H3,(H,44,45). The Morgan fingerprint density at radius 1 is 0.936 bits per heavy atom. The minimum Gasteiger partial charge on any atom is -0.487 e.